The Hall–Kier alpha value is -1.13. The molecule has 0 atom stereocenters. The van der Waals surface area contributed by atoms with Crippen molar-refractivity contribution in [1.29, 1.82) is 5.26 Å². The molecule has 0 N–H and O–H groups in total. The lowest BCUT2D eigenvalue weighted by atomic mass is 9.99. The molecule has 0 aliphatic heterocycles. The molecule has 0 saturated carbocycles. The Balaban J connectivity index is 2.68. The van der Waals surface area contributed by atoms with Gasteiger partial charge in [0.2, 0.25) is 5.69 Å². The summed E-state index contributed by atoms with van der Waals surface area (Å²) in [5.41, 5.74) is 1.27. The van der Waals surface area contributed by atoms with E-state index in [1.54, 1.807) is 18.2 Å². The van der Waals surface area contributed by atoms with Crippen LogP contribution in [-0.4, -0.2) is 0 Å². The Labute approximate surface area is 152 Å². The second kappa shape index (κ2) is 6.97. The van der Waals surface area contributed by atoms with Crippen LogP contribution in [0.25, 0.3) is 4.85 Å². The Bertz CT molecular complexity index is 847. The molecular weight excluding hydrogens is 385 g/mol. The first-order valence-electron chi connectivity index (χ1n) is 5.81. The Kier molecular flexibility index (Phi) is 5.45. The summed E-state index contributed by atoms with van der Waals surface area (Å²) >= 11 is 30.3. The molecule has 0 radical (unpaired) electrons. The monoisotopic (exact) mass is 388 g/mol. The molecule has 0 unspecified atom stereocenters. The van der Waals surface area contributed by atoms with E-state index >= 15 is 0 Å². The Morgan fingerprint density at radius 3 is 2.27 bits per heavy atom. The van der Waals surface area contributed by atoms with Gasteiger partial charge in [-0.2, -0.15) is 5.26 Å². The number of nitriles is 1. The van der Waals surface area contributed by atoms with Crippen molar-refractivity contribution < 1.29 is 0 Å². The van der Waals surface area contributed by atoms with Crippen molar-refractivity contribution in [3.63, 3.8) is 0 Å². The molecule has 0 aliphatic carbocycles. The van der Waals surface area contributed by atoms with Crippen molar-refractivity contribution in [3.8, 4) is 6.07 Å². The van der Waals surface area contributed by atoms with Crippen molar-refractivity contribution in [2.24, 2.45) is 0 Å². The molecule has 0 aromatic heterocycles. The number of hydrogen-bond acceptors (Lipinski definition) is 1. The van der Waals surface area contributed by atoms with Gasteiger partial charge in [-0.15, -0.1) is 0 Å². The fourth-order valence-corrected chi connectivity index (χ4v) is 3.23. The molecule has 0 aliphatic rings. The van der Waals surface area contributed by atoms with Gasteiger partial charge in [-0.25, -0.2) is 4.85 Å². The fourth-order valence-electron chi connectivity index (χ4n) is 1.93. The summed E-state index contributed by atoms with van der Waals surface area (Å²) < 4.78 is 0. The smallest absolute Gasteiger partial charge is 0.225 e. The SMILES string of the molecule is [C-]#[N+]c1c(Cl)c(Cl)c(C#N)c(Cc2ccc(Cl)cc2Cl)c1Cl. The molecule has 2 rings (SSSR count). The van der Waals surface area contributed by atoms with Gasteiger partial charge in [-0.05, 0) is 23.3 Å². The second-order valence-corrected chi connectivity index (χ2v) is 6.26. The number of hydrogen-bond donors (Lipinski definition) is 0. The van der Waals surface area contributed by atoms with Crippen molar-refractivity contribution >= 4 is 63.7 Å². The van der Waals surface area contributed by atoms with Gasteiger partial charge < -0.3 is 0 Å². The zero-order valence-electron chi connectivity index (χ0n) is 10.7. The summed E-state index contributed by atoms with van der Waals surface area (Å²) in [5.74, 6) is 0. The van der Waals surface area contributed by atoms with E-state index in [0.717, 1.165) is 0 Å². The second-order valence-electron chi connectivity index (χ2n) is 4.28. The van der Waals surface area contributed by atoms with Crippen LogP contribution in [0.15, 0.2) is 18.2 Å². The maximum absolute atomic E-state index is 9.32. The van der Waals surface area contributed by atoms with E-state index in [0.29, 0.717) is 21.2 Å². The van der Waals surface area contributed by atoms with Crippen molar-refractivity contribution in [2.45, 2.75) is 6.42 Å². The van der Waals surface area contributed by atoms with E-state index in [2.05, 4.69) is 4.85 Å². The summed E-state index contributed by atoms with van der Waals surface area (Å²) in [5, 5.41) is 10.3. The van der Waals surface area contributed by atoms with Crippen LogP contribution in [0.3, 0.4) is 0 Å². The molecule has 110 valence electrons. The number of halogens is 5. The van der Waals surface area contributed by atoms with E-state index < -0.39 is 0 Å². The van der Waals surface area contributed by atoms with Crippen LogP contribution >= 0.6 is 58.0 Å². The highest BCUT2D eigenvalue weighted by molar-refractivity contribution is 6.47. The number of rotatable bonds is 2. The normalized spacial score (nSPS) is 10.1. The molecule has 2 aromatic rings. The van der Waals surface area contributed by atoms with Crippen molar-refractivity contribution in [3.05, 3.63) is 71.4 Å². The Morgan fingerprint density at radius 1 is 1.05 bits per heavy atom. The van der Waals surface area contributed by atoms with Crippen LogP contribution in [0.1, 0.15) is 16.7 Å². The quantitative estimate of drug-likeness (QED) is 0.402. The fraction of sp³-hybridized carbons (Fsp3) is 0.0667. The minimum atomic E-state index is -0.0239. The predicted molar refractivity (Wildman–Crippen MR) is 91.7 cm³/mol. The standard InChI is InChI=1S/C15H5Cl5N2/c1-22-15-13(19)9(10(6-21)12(18)14(15)20)4-7-2-3-8(16)5-11(7)17/h2-3,5H,4H2. The Morgan fingerprint density at radius 2 is 1.73 bits per heavy atom. The van der Waals surface area contributed by atoms with Gasteiger partial charge in [0.15, 0.2) is 0 Å². The third-order valence-electron chi connectivity index (χ3n) is 3.00. The van der Waals surface area contributed by atoms with Gasteiger partial charge in [-0.1, -0.05) is 64.1 Å². The summed E-state index contributed by atoms with van der Waals surface area (Å²) in [7, 11) is 0. The van der Waals surface area contributed by atoms with Crippen LogP contribution in [0.4, 0.5) is 5.69 Å². The molecule has 0 spiro atoms. The number of nitrogens with zero attached hydrogens (tertiary/aromatic N) is 2. The summed E-state index contributed by atoms with van der Waals surface area (Å²) in [6.07, 6.45) is 0.233. The molecule has 0 amide bonds. The van der Waals surface area contributed by atoms with E-state index in [9.17, 15) is 5.26 Å². The van der Waals surface area contributed by atoms with Crippen LogP contribution in [0, 0.1) is 17.9 Å². The van der Waals surface area contributed by atoms with Crippen LogP contribution in [0.5, 0.6) is 0 Å². The summed E-state index contributed by atoms with van der Waals surface area (Å²) in [6.45, 7) is 7.17. The lowest BCUT2D eigenvalue weighted by Crippen LogP contribution is -1.97. The lowest BCUT2D eigenvalue weighted by molar-refractivity contribution is 1.18. The molecule has 0 fully saturated rings. The summed E-state index contributed by atoms with van der Waals surface area (Å²) in [4.78, 5) is 3.28. The first-order valence-corrected chi connectivity index (χ1v) is 7.70. The highest BCUT2D eigenvalue weighted by atomic mass is 35.5. The predicted octanol–water partition coefficient (Wildman–Crippen LogP) is 6.97. The van der Waals surface area contributed by atoms with Crippen LogP contribution in [-0.2, 0) is 6.42 Å². The average Bonchev–Trinajstić information content (AvgIpc) is 2.48. The summed E-state index contributed by atoms with van der Waals surface area (Å²) in [6, 6.07) is 6.97. The zero-order chi connectivity index (χ0) is 16.4. The molecule has 0 bridgehead atoms. The molecular formula is C15H5Cl5N2. The van der Waals surface area contributed by atoms with Crippen molar-refractivity contribution in [1.82, 2.24) is 0 Å². The van der Waals surface area contributed by atoms with Gasteiger partial charge in [-0.3, -0.25) is 0 Å². The average molecular weight is 390 g/mol. The lowest BCUT2D eigenvalue weighted by Gasteiger charge is -2.13. The first-order chi connectivity index (χ1) is 10.4. The zero-order valence-corrected chi connectivity index (χ0v) is 14.5. The van der Waals surface area contributed by atoms with Gasteiger partial charge >= 0.3 is 0 Å². The van der Waals surface area contributed by atoms with E-state index in [4.69, 9.17) is 64.6 Å². The van der Waals surface area contributed by atoms with E-state index in [1.807, 2.05) is 6.07 Å². The van der Waals surface area contributed by atoms with Gasteiger partial charge in [0.05, 0.1) is 27.2 Å². The molecule has 0 saturated heterocycles. The molecule has 7 heteroatoms. The van der Waals surface area contributed by atoms with E-state index in [-0.39, 0.29) is 32.7 Å². The maximum Gasteiger partial charge on any atom is 0.225 e. The largest absolute Gasteiger partial charge is 0.235 e. The van der Waals surface area contributed by atoms with E-state index in [1.165, 1.54) is 0 Å². The molecule has 2 aromatic carbocycles. The van der Waals surface area contributed by atoms with Crippen LogP contribution < -0.4 is 0 Å². The third-order valence-corrected chi connectivity index (χ3v) is 4.84. The minimum absolute atomic E-state index is 0.0136. The highest BCUT2D eigenvalue weighted by Gasteiger charge is 2.22. The number of benzene rings is 2. The third kappa shape index (κ3) is 3.13. The molecule has 0 heterocycles. The maximum atomic E-state index is 9.32. The van der Waals surface area contributed by atoms with Gasteiger partial charge in [0.1, 0.15) is 6.07 Å². The molecule has 22 heavy (non-hydrogen) atoms. The topological polar surface area (TPSA) is 28.1 Å². The van der Waals surface area contributed by atoms with Crippen LogP contribution in [0.2, 0.25) is 25.1 Å². The molecule has 2 nitrogen and oxygen atoms in total. The van der Waals surface area contributed by atoms with Gasteiger partial charge in [0, 0.05) is 16.5 Å². The first kappa shape index (κ1) is 17.2. The minimum Gasteiger partial charge on any atom is -0.235 e. The highest BCUT2D eigenvalue weighted by Crippen LogP contribution is 2.44. The van der Waals surface area contributed by atoms with Crippen molar-refractivity contribution in [2.75, 3.05) is 0 Å². The van der Waals surface area contributed by atoms with Gasteiger partial charge in [0.25, 0.3) is 0 Å².